The Kier molecular flexibility index (Phi) is 3.66. The van der Waals surface area contributed by atoms with Crippen molar-refractivity contribution < 1.29 is 5.21 Å². The van der Waals surface area contributed by atoms with Gasteiger partial charge in [-0.25, -0.2) is 4.98 Å². The van der Waals surface area contributed by atoms with Crippen molar-refractivity contribution in [3.63, 3.8) is 0 Å². The van der Waals surface area contributed by atoms with Gasteiger partial charge in [0.05, 0.1) is 0 Å². The van der Waals surface area contributed by atoms with Gasteiger partial charge in [0.1, 0.15) is 17.3 Å². The molecule has 6 heteroatoms. The number of pyridine rings is 1. The summed E-state index contributed by atoms with van der Waals surface area (Å²) in [4.78, 5) is 6.41. The molecule has 18 heavy (non-hydrogen) atoms. The highest BCUT2D eigenvalue weighted by Crippen LogP contribution is 2.16. The van der Waals surface area contributed by atoms with E-state index in [4.69, 9.17) is 10.9 Å². The van der Waals surface area contributed by atoms with E-state index in [9.17, 15) is 0 Å². The molecule has 0 aliphatic heterocycles. The van der Waals surface area contributed by atoms with Crippen LogP contribution in [-0.2, 0) is 0 Å². The van der Waals surface area contributed by atoms with E-state index in [-0.39, 0.29) is 5.84 Å². The molecule has 0 atom stereocenters. The van der Waals surface area contributed by atoms with Crippen LogP contribution in [-0.4, -0.2) is 33.5 Å². The molecule has 0 bridgehead atoms. The lowest BCUT2D eigenvalue weighted by Crippen LogP contribution is -2.29. The summed E-state index contributed by atoms with van der Waals surface area (Å²) in [6.45, 7) is 3.61. The summed E-state index contributed by atoms with van der Waals surface area (Å²) >= 11 is 0. The standard InChI is InChI=1S/C12H17N5O/c1-2-16(8-6-10(13)15-18)12-5-3-4-11-14-7-9-17(11)12/h3-5,7,9,18H,2,6,8H2,1H3,(H2,13,15). The number of oxime groups is 1. The number of rotatable bonds is 5. The van der Waals surface area contributed by atoms with Crippen molar-refractivity contribution in [1.29, 1.82) is 0 Å². The summed E-state index contributed by atoms with van der Waals surface area (Å²) in [6, 6.07) is 5.97. The maximum atomic E-state index is 8.56. The molecule has 0 fully saturated rings. The zero-order valence-corrected chi connectivity index (χ0v) is 10.3. The van der Waals surface area contributed by atoms with Gasteiger partial charge in [-0.3, -0.25) is 4.40 Å². The first-order valence-corrected chi connectivity index (χ1v) is 5.89. The summed E-state index contributed by atoms with van der Waals surface area (Å²) in [6.07, 6.45) is 4.22. The minimum Gasteiger partial charge on any atom is -0.409 e. The van der Waals surface area contributed by atoms with Crippen molar-refractivity contribution in [2.45, 2.75) is 13.3 Å². The largest absolute Gasteiger partial charge is 0.409 e. The normalized spacial score (nSPS) is 11.9. The van der Waals surface area contributed by atoms with Crippen molar-refractivity contribution in [1.82, 2.24) is 9.38 Å². The molecule has 0 saturated carbocycles. The van der Waals surface area contributed by atoms with Crippen molar-refractivity contribution in [2.75, 3.05) is 18.0 Å². The smallest absolute Gasteiger partial charge is 0.140 e. The molecule has 0 saturated heterocycles. The van der Waals surface area contributed by atoms with Crippen LogP contribution in [0.4, 0.5) is 5.82 Å². The molecule has 2 aromatic heterocycles. The number of nitrogens with two attached hydrogens (primary N) is 1. The van der Waals surface area contributed by atoms with Gasteiger partial charge in [-0.2, -0.15) is 0 Å². The summed E-state index contributed by atoms with van der Waals surface area (Å²) in [7, 11) is 0. The fourth-order valence-electron chi connectivity index (χ4n) is 1.92. The summed E-state index contributed by atoms with van der Waals surface area (Å²) in [5, 5.41) is 11.5. The molecule has 0 unspecified atom stereocenters. The van der Waals surface area contributed by atoms with Gasteiger partial charge in [0, 0.05) is 31.9 Å². The number of hydrogen-bond acceptors (Lipinski definition) is 4. The zero-order chi connectivity index (χ0) is 13.0. The Morgan fingerprint density at radius 1 is 1.56 bits per heavy atom. The molecular formula is C12H17N5O. The topological polar surface area (TPSA) is 79.1 Å². The molecular weight excluding hydrogens is 230 g/mol. The highest BCUT2D eigenvalue weighted by atomic mass is 16.4. The third-order valence-electron chi connectivity index (χ3n) is 2.88. The lowest BCUT2D eigenvalue weighted by atomic mass is 10.3. The molecule has 2 heterocycles. The van der Waals surface area contributed by atoms with Crippen LogP contribution in [0.25, 0.3) is 5.65 Å². The van der Waals surface area contributed by atoms with Crippen molar-refractivity contribution >= 4 is 17.3 Å². The first kappa shape index (κ1) is 12.2. The van der Waals surface area contributed by atoms with Gasteiger partial charge in [0.25, 0.3) is 0 Å². The molecule has 96 valence electrons. The van der Waals surface area contributed by atoms with Crippen LogP contribution in [0.1, 0.15) is 13.3 Å². The molecule has 3 N–H and O–H groups in total. The van der Waals surface area contributed by atoms with Gasteiger partial charge in [0.2, 0.25) is 0 Å². The summed E-state index contributed by atoms with van der Waals surface area (Å²) in [5.74, 6) is 1.30. The number of fused-ring (bicyclic) bond motifs is 1. The summed E-state index contributed by atoms with van der Waals surface area (Å²) in [5.41, 5.74) is 6.41. The molecule has 0 aromatic carbocycles. The van der Waals surface area contributed by atoms with Crippen LogP contribution in [0.2, 0.25) is 0 Å². The van der Waals surface area contributed by atoms with Crippen molar-refractivity contribution in [2.24, 2.45) is 10.9 Å². The second-order valence-corrected chi connectivity index (χ2v) is 3.96. The fraction of sp³-hybridized carbons (Fsp3) is 0.333. The van der Waals surface area contributed by atoms with Crippen molar-refractivity contribution in [3.05, 3.63) is 30.6 Å². The lowest BCUT2D eigenvalue weighted by molar-refractivity contribution is 0.317. The number of nitrogens with zero attached hydrogens (tertiary/aromatic N) is 4. The monoisotopic (exact) mass is 247 g/mol. The average molecular weight is 247 g/mol. The van der Waals surface area contributed by atoms with E-state index in [0.717, 1.165) is 18.0 Å². The maximum Gasteiger partial charge on any atom is 0.140 e. The first-order chi connectivity index (χ1) is 8.76. The first-order valence-electron chi connectivity index (χ1n) is 5.89. The second kappa shape index (κ2) is 5.39. The van der Waals surface area contributed by atoms with E-state index in [0.29, 0.717) is 13.0 Å². The number of aromatic nitrogens is 2. The number of anilines is 1. The quantitative estimate of drug-likeness (QED) is 0.361. The minimum absolute atomic E-state index is 0.242. The Bertz CT molecular complexity index is 548. The highest BCUT2D eigenvalue weighted by Gasteiger charge is 2.09. The van der Waals surface area contributed by atoms with Gasteiger partial charge in [-0.05, 0) is 19.1 Å². The van der Waals surface area contributed by atoms with Crippen LogP contribution < -0.4 is 10.6 Å². The Labute approximate surface area is 105 Å². The van der Waals surface area contributed by atoms with Crippen LogP contribution in [0, 0.1) is 0 Å². The molecule has 0 aliphatic carbocycles. The molecule has 6 nitrogen and oxygen atoms in total. The number of imidazole rings is 1. The van der Waals surface area contributed by atoms with Crippen LogP contribution in [0.5, 0.6) is 0 Å². The van der Waals surface area contributed by atoms with E-state index in [1.54, 1.807) is 6.20 Å². The predicted octanol–water partition coefficient (Wildman–Crippen LogP) is 1.30. The van der Waals surface area contributed by atoms with Crippen LogP contribution in [0.15, 0.2) is 35.7 Å². The van der Waals surface area contributed by atoms with E-state index in [1.807, 2.05) is 28.8 Å². The van der Waals surface area contributed by atoms with Gasteiger partial charge in [0.15, 0.2) is 0 Å². The van der Waals surface area contributed by atoms with Crippen LogP contribution in [0.3, 0.4) is 0 Å². The molecule has 2 rings (SSSR count). The second-order valence-electron chi connectivity index (χ2n) is 3.96. The Morgan fingerprint density at radius 3 is 3.11 bits per heavy atom. The number of hydrogen-bond donors (Lipinski definition) is 2. The summed E-state index contributed by atoms with van der Waals surface area (Å²) < 4.78 is 2.02. The average Bonchev–Trinajstić information content (AvgIpc) is 2.88. The SMILES string of the molecule is CCN(CC/C(N)=N/O)c1cccc2nccn12. The van der Waals surface area contributed by atoms with E-state index in [2.05, 4.69) is 22.0 Å². The lowest BCUT2D eigenvalue weighted by Gasteiger charge is -2.23. The van der Waals surface area contributed by atoms with E-state index in [1.165, 1.54) is 0 Å². The number of amidine groups is 1. The highest BCUT2D eigenvalue weighted by molar-refractivity contribution is 5.80. The predicted molar refractivity (Wildman–Crippen MR) is 71.1 cm³/mol. The minimum atomic E-state index is 0.242. The van der Waals surface area contributed by atoms with Gasteiger partial charge in [-0.15, -0.1) is 0 Å². The molecule has 0 aliphatic rings. The molecule has 0 spiro atoms. The molecule has 0 radical (unpaired) electrons. The Balaban J connectivity index is 2.24. The third kappa shape index (κ3) is 2.37. The van der Waals surface area contributed by atoms with Gasteiger partial charge in [-0.1, -0.05) is 11.2 Å². The van der Waals surface area contributed by atoms with E-state index < -0.39 is 0 Å². The van der Waals surface area contributed by atoms with Gasteiger partial charge >= 0.3 is 0 Å². The molecule has 0 amide bonds. The molecule has 2 aromatic rings. The maximum absolute atomic E-state index is 8.56. The third-order valence-corrected chi connectivity index (χ3v) is 2.88. The zero-order valence-electron chi connectivity index (χ0n) is 10.3. The fourth-order valence-corrected chi connectivity index (χ4v) is 1.92. The Hall–Kier alpha value is -2.24. The van der Waals surface area contributed by atoms with Crippen LogP contribution >= 0.6 is 0 Å². The Morgan fingerprint density at radius 2 is 2.39 bits per heavy atom. The van der Waals surface area contributed by atoms with E-state index >= 15 is 0 Å². The van der Waals surface area contributed by atoms with Crippen molar-refractivity contribution in [3.8, 4) is 0 Å². The van der Waals surface area contributed by atoms with Gasteiger partial charge < -0.3 is 15.8 Å².